The largest absolute Gasteiger partial charge is 0.365 e. The van der Waals surface area contributed by atoms with E-state index in [-0.39, 0.29) is 4.75 Å². The number of nitrogens with two attached hydrogens (primary N) is 1. The van der Waals surface area contributed by atoms with Gasteiger partial charge in [-0.3, -0.25) is 4.79 Å². The minimum Gasteiger partial charge on any atom is -0.365 e. The minimum atomic E-state index is -1.61. The number of nitrogens with zero attached hydrogens (tertiary/aromatic N) is 2. The second kappa shape index (κ2) is 5.73. The normalized spacial score (nSPS) is 21.6. The molecule has 1 aromatic carbocycles. The van der Waals surface area contributed by atoms with Crippen LogP contribution in [-0.2, 0) is 4.79 Å². The lowest BCUT2D eigenvalue weighted by molar-refractivity contribution is -0.120. The number of hydrogen-bond acceptors (Lipinski definition) is 4. The van der Waals surface area contributed by atoms with Gasteiger partial charge in [-0.2, -0.15) is 0 Å². The van der Waals surface area contributed by atoms with E-state index in [0.29, 0.717) is 0 Å². The molecule has 0 saturated carbocycles. The third-order valence-corrected chi connectivity index (χ3v) is 4.29. The lowest BCUT2D eigenvalue weighted by Crippen LogP contribution is -2.51. The first kappa shape index (κ1) is 15.9. The number of hydrogen-bond donors (Lipinski definition) is 1. The molecule has 1 atom stereocenters. The minimum absolute atomic E-state index is 0.0935. The molecule has 2 N–H and O–H groups in total. The summed E-state index contributed by atoms with van der Waals surface area (Å²) in [6.07, 6.45) is 4.89. The molecule has 112 valence electrons. The Kier molecular flexibility index (Phi) is 4.35. The molecule has 0 radical (unpaired) electrons. The van der Waals surface area contributed by atoms with Gasteiger partial charge in [-0.1, -0.05) is 38.4 Å². The lowest BCUT2D eigenvalue weighted by Gasteiger charge is -2.34. The van der Waals surface area contributed by atoms with Gasteiger partial charge >= 0.3 is 0 Å². The number of thioether (sulfide) groups is 1. The predicted octanol–water partition coefficient (Wildman–Crippen LogP) is 3.36. The van der Waals surface area contributed by atoms with Crippen LogP contribution in [0, 0.1) is 0 Å². The summed E-state index contributed by atoms with van der Waals surface area (Å²) >= 11 is 8.03. The van der Waals surface area contributed by atoms with E-state index in [0.717, 1.165) is 10.6 Å². The van der Waals surface area contributed by atoms with Crippen LogP contribution in [0.5, 0.6) is 0 Å². The number of rotatable bonds is 3. The highest BCUT2D eigenvalue weighted by Crippen LogP contribution is 2.36. The van der Waals surface area contributed by atoms with Gasteiger partial charge in [0.1, 0.15) is 0 Å². The zero-order valence-electron chi connectivity index (χ0n) is 12.2. The molecule has 0 aromatic heterocycles. The molecule has 21 heavy (non-hydrogen) atoms. The van der Waals surface area contributed by atoms with Gasteiger partial charge in [0, 0.05) is 27.7 Å². The number of anilines is 1. The first-order valence-corrected chi connectivity index (χ1v) is 7.71. The molecule has 1 aliphatic heterocycles. The number of carbonyl (C=O) groups excluding carboxylic acids is 1. The van der Waals surface area contributed by atoms with Crippen molar-refractivity contribution in [2.45, 2.75) is 35.5 Å². The van der Waals surface area contributed by atoms with Crippen LogP contribution in [0.25, 0.3) is 0 Å². The number of alkyl halides is 1. The molecule has 0 spiro atoms. The Hall–Kier alpha value is -1.46. The zero-order chi connectivity index (χ0) is 15.7. The molecule has 4 nitrogen and oxygen atoms in total. The number of allylic oxidation sites excluding steroid dienone is 1. The van der Waals surface area contributed by atoms with E-state index in [1.807, 2.05) is 24.3 Å². The maximum atomic E-state index is 11.7. The molecule has 0 bridgehead atoms. The first-order valence-electron chi connectivity index (χ1n) is 6.52. The molecule has 1 aliphatic rings. The van der Waals surface area contributed by atoms with Crippen molar-refractivity contribution in [3.05, 3.63) is 36.5 Å². The van der Waals surface area contributed by atoms with E-state index < -0.39 is 11.0 Å². The van der Waals surface area contributed by atoms with E-state index in [1.165, 1.54) is 6.21 Å². The number of amides is 1. The number of carbonyl (C=O) groups is 1. The summed E-state index contributed by atoms with van der Waals surface area (Å²) in [5.41, 5.74) is 6.17. The fraction of sp³-hybridized carbons (Fsp3) is 0.333. The van der Waals surface area contributed by atoms with Crippen LogP contribution < -0.4 is 10.6 Å². The third-order valence-electron chi connectivity index (χ3n) is 2.72. The second-order valence-electron chi connectivity index (χ2n) is 5.65. The van der Waals surface area contributed by atoms with Crippen molar-refractivity contribution in [3.8, 4) is 0 Å². The van der Waals surface area contributed by atoms with Gasteiger partial charge in [0.15, 0.2) is 0 Å². The number of aliphatic imine (C=N–C) groups is 1. The maximum Gasteiger partial charge on any atom is 0.293 e. The van der Waals surface area contributed by atoms with Gasteiger partial charge in [0.05, 0.1) is 0 Å². The SMILES string of the molecule is CC(C)(C)Sc1cccc(N2C=CC=NC2(Cl)C(N)=O)c1. The van der Waals surface area contributed by atoms with Crippen molar-refractivity contribution in [1.29, 1.82) is 0 Å². The molecular formula is C15H18ClN3OS. The van der Waals surface area contributed by atoms with Gasteiger partial charge < -0.3 is 10.6 Å². The van der Waals surface area contributed by atoms with Crippen molar-refractivity contribution >= 4 is 41.2 Å². The van der Waals surface area contributed by atoms with Crippen LogP contribution in [0.1, 0.15) is 20.8 Å². The standard InChI is InChI=1S/C15H18ClN3OS/c1-14(2,3)21-12-7-4-6-11(10-12)19-9-5-8-18-15(19,16)13(17)20/h4-10H,1-3H3,(H2,17,20). The van der Waals surface area contributed by atoms with Crippen molar-refractivity contribution in [3.63, 3.8) is 0 Å². The zero-order valence-corrected chi connectivity index (χ0v) is 13.8. The first-order chi connectivity index (χ1) is 9.72. The summed E-state index contributed by atoms with van der Waals surface area (Å²) in [6, 6.07) is 7.80. The fourth-order valence-electron chi connectivity index (χ4n) is 1.92. The fourth-order valence-corrected chi connectivity index (χ4v) is 3.16. The molecule has 6 heteroatoms. The number of primary amides is 1. The van der Waals surface area contributed by atoms with E-state index in [4.69, 9.17) is 17.3 Å². The third kappa shape index (κ3) is 3.60. The summed E-state index contributed by atoms with van der Waals surface area (Å²) in [4.78, 5) is 18.4. The smallest absolute Gasteiger partial charge is 0.293 e. The Labute approximate surface area is 134 Å². The van der Waals surface area contributed by atoms with Crippen molar-refractivity contribution in [2.75, 3.05) is 4.90 Å². The molecular weight excluding hydrogens is 306 g/mol. The molecule has 0 fully saturated rings. The Balaban J connectivity index is 2.37. The van der Waals surface area contributed by atoms with Gasteiger partial charge in [-0.25, -0.2) is 4.99 Å². The van der Waals surface area contributed by atoms with E-state index >= 15 is 0 Å². The summed E-state index contributed by atoms with van der Waals surface area (Å²) in [5.74, 6) is -0.710. The van der Waals surface area contributed by atoms with E-state index in [9.17, 15) is 4.79 Å². The van der Waals surface area contributed by atoms with Crippen LogP contribution in [0.2, 0.25) is 0 Å². The van der Waals surface area contributed by atoms with Gasteiger partial charge in [0.2, 0.25) is 0 Å². The van der Waals surface area contributed by atoms with E-state index in [1.54, 1.807) is 28.9 Å². The molecule has 1 heterocycles. The van der Waals surface area contributed by atoms with Gasteiger partial charge in [-0.15, -0.1) is 11.8 Å². The van der Waals surface area contributed by atoms with Crippen LogP contribution in [-0.4, -0.2) is 22.0 Å². The number of benzene rings is 1. The molecule has 0 aliphatic carbocycles. The highest BCUT2D eigenvalue weighted by Gasteiger charge is 2.40. The van der Waals surface area contributed by atoms with Gasteiger partial charge in [-0.05, 0) is 24.3 Å². The molecule has 0 saturated heterocycles. The van der Waals surface area contributed by atoms with Crippen LogP contribution in [0.4, 0.5) is 5.69 Å². The van der Waals surface area contributed by atoms with Crippen molar-refractivity contribution < 1.29 is 4.79 Å². The van der Waals surface area contributed by atoms with Crippen molar-refractivity contribution in [1.82, 2.24) is 0 Å². The molecule has 1 aromatic rings. The number of halogens is 1. The average molecular weight is 324 g/mol. The van der Waals surface area contributed by atoms with Crippen molar-refractivity contribution in [2.24, 2.45) is 10.7 Å². The topological polar surface area (TPSA) is 58.7 Å². The Bertz CT molecular complexity index is 609. The Morgan fingerprint density at radius 1 is 1.43 bits per heavy atom. The van der Waals surface area contributed by atoms with E-state index in [2.05, 4.69) is 25.8 Å². The molecule has 1 unspecified atom stereocenters. The second-order valence-corrected chi connectivity index (χ2v) is 8.08. The van der Waals surface area contributed by atoms with Crippen LogP contribution in [0.15, 0.2) is 46.4 Å². The quantitative estimate of drug-likeness (QED) is 0.527. The lowest BCUT2D eigenvalue weighted by atomic mass is 10.2. The molecule has 1 amide bonds. The van der Waals surface area contributed by atoms with Gasteiger partial charge in [0.25, 0.3) is 11.0 Å². The highest BCUT2D eigenvalue weighted by atomic mass is 35.5. The monoisotopic (exact) mass is 323 g/mol. The van der Waals surface area contributed by atoms with Crippen LogP contribution >= 0.6 is 23.4 Å². The Morgan fingerprint density at radius 3 is 2.76 bits per heavy atom. The summed E-state index contributed by atoms with van der Waals surface area (Å²) < 4.78 is 0.0935. The average Bonchev–Trinajstić information content (AvgIpc) is 2.37. The van der Waals surface area contributed by atoms with Crippen LogP contribution in [0.3, 0.4) is 0 Å². The Morgan fingerprint density at radius 2 is 2.14 bits per heavy atom. The maximum absolute atomic E-state index is 11.7. The summed E-state index contributed by atoms with van der Waals surface area (Å²) in [7, 11) is 0. The predicted molar refractivity (Wildman–Crippen MR) is 89.9 cm³/mol. The summed E-state index contributed by atoms with van der Waals surface area (Å²) in [5, 5.41) is -1.61. The molecule has 2 rings (SSSR count). The summed E-state index contributed by atoms with van der Waals surface area (Å²) in [6.45, 7) is 6.43. The highest BCUT2D eigenvalue weighted by molar-refractivity contribution is 8.00.